The lowest BCUT2D eigenvalue weighted by Gasteiger charge is -2.18. The van der Waals surface area contributed by atoms with Gasteiger partial charge in [-0.05, 0) is 55.5 Å². The quantitative estimate of drug-likeness (QED) is 0.0116. The van der Waals surface area contributed by atoms with Crippen LogP contribution in [0.25, 0.3) is 0 Å². The minimum absolute atomic E-state index is 0.0881. The number of rotatable bonds is 47. The number of benzene rings is 2. The van der Waals surface area contributed by atoms with Crippen LogP contribution in [0.3, 0.4) is 0 Å². The summed E-state index contributed by atoms with van der Waals surface area (Å²) >= 11 is 0. The number of hydrogen-bond donors (Lipinski definition) is 0. The van der Waals surface area contributed by atoms with Gasteiger partial charge in [0, 0.05) is 37.8 Å². The number of nitrogens with zero attached hydrogens (tertiary/aromatic N) is 1. The molecule has 0 fully saturated rings. The third-order valence-corrected chi connectivity index (χ3v) is 12.9. The second kappa shape index (κ2) is 44.5. The summed E-state index contributed by atoms with van der Waals surface area (Å²) < 4.78 is 32.3. The van der Waals surface area contributed by atoms with E-state index < -0.39 is 23.2 Å². The molecule has 2 aromatic carbocycles. The van der Waals surface area contributed by atoms with E-state index >= 15 is 0 Å². The van der Waals surface area contributed by atoms with Crippen LogP contribution in [0.4, 0.5) is 10.5 Å². The molecule has 2 aromatic rings. The normalized spacial score (nSPS) is 11.1. The van der Waals surface area contributed by atoms with E-state index in [1.54, 1.807) is 24.3 Å². The maximum Gasteiger partial charge on any atom is 0.514 e. The predicted octanol–water partition coefficient (Wildman–Crippen LogP) is 16.3. The number of unbranched alkanes of at least 4 members (excludes halogenated alkanes) is 29. The minimum Gasteiger partial charge on any atom is -0.462 e. The van der Waals surface area contributed by atoms with Gasteiger partial charge in [0.1, 0.15) is 31.3 Å². The topological polar surface area (TPSA) is 184 Å². The van der Waals surface area contributed by atoms with Crippen molar-refractivity contribution in [2.45, 2.75) is 258 Å². The van der Waals surface area contributed by atoms with E-state index in [-0.39, 0.29) is 62.0 Å². The third-order valence-electron chi connectivity index (χ3n) is 12.9. The van der Waals surface area contributed by atoms with Gasteiger partial charge in [-0.15, -0.1) is 0 Å². The highest BCUT2D eigenvalue weighted by atomic mass is 16.7. The van der Waals surface area contributed by atoms with Crippen LogP contribution in [-0.2, 0) is 44.7 Å². The molecule has 412 valence electrons. The molecule has 14 nitrogen and oxygen atoms in total. The Balaban J connectivity index is 1.62. The number of ether oxygens (including phenoxy) is 6. The number of nitro benzene ring substituents is 1. The van der Waals surface area contributed by atoms with Crippen molar-refractivity contribution in [2.24, 2.45) is 0 Å². The number of hydrogen-bond acceptors (Lipinski definition) is 13. The van der Waals surface area contributed by atoms with Gasteiger partial charge in [-0.2, -0.15) is 0 Å². The van der Waals surface area contributed by atoms with Crippen molar-refractivity contribution in [3.63, 3.8) is 0 Å². The molecular formula is C59H93NO13. The van der Waals surface area contributed by atoms with Crippen LogP contribution in [0.1, 0.15) is 251 Å². The van der Waals surface area contributed by atoms with Gasteiger partial charge in [0.2, 0.25) is 0 Å². The number of non-ortho nitro benzene ring substituents is 1. The lowest BCUT2D eigenvalue weighted by atomic mass is 10.0. The highest BCUT2D eigenvalue weighted by molar-refractivity contribution is 5.72. The first kappa shape index (κ1) is 64.1. The molecule has 0 amide bonds. The van der Waals surface area contributed by atoms with Gasteiger partial charge in [-0.3, -0.25) is 29.3 Å². The first-order chi connectivity index (χ1) is 35.6. The van der Waals surface area contributed by atoms with E-state index in [1.165, 1.54) is 153 Å². The highest BCUT2D eigenvalue weighted by Gasteiger charge is 2.20. The van der Waals surface area contributed by atoms with Crippen molar-refractivity contribution < 1.29 is 57.3 Å². The first-order valence-electron chi connectivity index (χ1n) is 28.5. The third kappa shape index (κ3) is 37.4. The average Bonchev–Trinajstić information content (AvgIpc) is 3.38. The summed E-state index contributed by atoms with van der Waals surface area (Å²) in [6.07, 6.45) is 35.6. The van der Waals surface area contributed by atoms with Crippen molar-refractivity contribution in [3.8, 4) is 11.5 Å². The van der Waals surface area contributed by atoms with Crippen molar-refractivity contribution >= 4 is 35.7 Å². The molecule has 0 heterocycles. The number of nitro groups is 1. The van der Waals surface area contributed by atoms with Gasteiger partial charge in [0.25, 0.3) is 5.69 Å². The molecule has 73 heavy (non-hydrogen) atoms. The summed E-state index contributed by atoms with van der Waals surface area (Å²) in [6.45, 7) is 4.11. The van der Waals surface area contributed by atoms with Crippen LogP contribution in [-0.4, -0.2) is 54.3 Å². The molecule has 0 radical (unpaired) electrons. The van der Waals surface area contributed by atoms with E-state index in [4.69, 9.17) is 28.4 Å². The Morgan fingerprint density at radius 1 is 0.411 bits per heavy atom. The van der Waals surface area contributed by atoms with Gasteiger partial charge >= 0.3 is 30.0 Å². The second-order valence-corrected chi connectivity index (χ2v) is 19.6. The Kier molecular flexibility index (Phi) is 39.1. The van der Waals surface area contributed by atoms with E-state index in [2.05, 4.69) is 13.8 Å². The molecule has 0 bridgehead atoms. The molecular weight excluding hydrogens is 931 g/mol. The maximum absolute atomic E-state index is 12.9. The first-order valence-corrected chi connectivity index (χ1v) is 28.5. The number of carbonyl (C=O) groups is 5. The zero-order valence-electron chi connectivity index (χ0n) is 45.0. The molecule has 0 aromatic heterocycles. The SMILES string of the molecule is CCCCCCCCCCCCCCCC(=O)OCC(COC(=O)CCCCCCCCCCCCCCC)OC(=O)CCCCCCCCC(=O)Oc1ccc(COC(=O)Oc2ccc([N+](=O)[O-])cc2)cc1. The van der Waals surface area contributed by atoms with Crippen molar-refractivity contribution in [1.29, 1.82) is 0 Å². The molecule has 0 aliphatic carbocycles. The zero-order valence-corrected chi connectivity index (χ0v) is 45.0. The van der Waals surface area contributed by atoms with Gasteiger partial charge in [0.15, 0.2) is 6.10 Å². The fourth-order valence-electron chi connectivity index (χ4n) is 8.44. The molecule has 2 rings (SSSR count). The summed E-state index contributed by atoms with van der Waals surface area (Å²) in [5.41, 5.74) is 0.512. The Hall–Kier alpha value is -5.01. The summed E-state index contributed by atoms with van der Waals surface area (Å²) in [6, 6.07) is 11.6. The molecule has 0 saturated carbocycles. The number of carbonyl (C=O) groups excluding carboxylic acids is 5. The summed E-state index contributed by atoms with van der Waals surface area (Å²) in [4.78, 5) is 72.9. The van der Waals surface area contributed by atoms with Crippen LogP contribution in [0.5, 0.6) is 11.5 Å². The fourth-order valence-corrected chi connectivity index (χ4v) is 8.44. The summed E-state index contributed by atoms with van der Waals surface area (Å²) in [5.74, 6) is -0.973. The maximum atomic E-state index is 12.9. The van der Waals surface area contributed by atoms with Crippen LogP contribution >= 0.6 is 0 Å². The lowest BCUT2D eigenvalue weighted by Crippen LogP contribution is -2.30. The fraction of sp³-hybridized carbons (Fsp3) is 0.712. The lowest BCUT2D eigenvalue weighted by molar-refractivity contribution is -0.384. The largest absolute Gasteiger partial charge is 0.514 e. The predicted molar refractivity (Wildman–Crippen MR) is 285 cm³/mol. The Bertz CT molecular complexity index is 1700. The van der Waals surface area contributed by atoms with Crippen molar-refractivity contribution in [2.75, 3.05) is 13.2 Å². The average molecular weight is 1020 g/mol. The van der Waals surface area contributed by atoms with Crippen molar-refractivity contribution in [3.05, 3.63) is 64.2 Å². The number of esters is 4. The molecule has 0 unspecified atom stereocenters. The summed E-state index contributed by atoms with van der Waals surface area (Å²) in [7, 11) is 0. The van der Waals surface area contributed by atoms with E-state index in [0.717, 1.165) is 64.2 Å². The Morgan fingerprint density at radius 2 is 0.740 bits per heavy atom. The second-order valence-electron chi connectivity index (χ2n) is 19.6. The van der Waals surface area contributed by atoms with Gasteiger partial charge in [0.05, 0.1) is 4.92 Å². The molecule has 14 heteroatoms. The molecule has 0 aliphatic heterocycles. The van der Waals surface area contributed by atoms with Crippen molar-refractivity contribution in [1.82, 2.24) is 0 Å². The highest BCUT2D eigenvalue weighted by Crippen LogP contribution is 2.20. The van der Waals surface area contributed by atoms with E-state index in [0.29, 0.717) is 37.0 Å². The van der Waals surface area contributed by atoms with E-state index in [9.17, 15) is 34.1 Å². The van der Waals surface area contributed by atoms with Gasteiger partial charge < -0.3 is 28.4 Å². The molecule has 0 N–H and O–H groups in total. The standard InChI is InChI=1S/C59H93NO13/c1-3-5-7-9-11-13-15-17-19-21-23-27-31-35-55(61)68-48-54(49-69-56(62)36-32-28-24-22-20-18-16-14-12-10-8-6-4-2)72-58(64)38-34-30-26-25-29-33-37-57(63)71-52-43-39-50(40-44-52)47-70-59(65)73-53-45-41-51(42-46-53)60(66)67/h39-46,54H,3-38,47-49H2,1-2H3. The Morgan fingerprint density at radius 3 is 1.12 bits per heavy atom. The minimum atomic E-state index is -0.965. The van der Waals surface area contributed by atoms with Crippen LogP contribution < -0.4 is 9.47 Å². The molecule has 0 aliphatic rings. The monoisotopic (exact) mass is 1020 g/mol. The van der Waals surface area contributed by atoms with Gasteiger partial charge in [-0.25, -0.2) is 4.79 Å². The molecule has 0 spiro atoms. The zero-order chi connectivity index (χ0) is 52.8. The van der Waals surface area contributed by atoms with E-state index in [1.807, 2.05) is 0 Å². The van der Waals surface area contributed by atoms with Crippen LogP contribution in [0, 0.1) is 10.1 Å². The smallest absolute Gasteiger partial charge is 0.462 e. The van der Waals surface area contributed by atoms with Gasteiger partial charge in [-0.1, -0.05) is 206 Å². The molecule has 0 atom stereocenters. The Labute approximate surface area is 438 Å². The summed E-state index contributed by atoms with van der Waals surface area (Å²) in [5, 5.41) is 10.8. The van der Waals surface area contributed by atoms with Crippen LogP contribution in [0.2, 0.25) is 0 Å². The van der Waals surface area contributed by atoms with Crippen LogP contribution in [0.15, 0.2) is 48.5 Å². The molecule has 0 saturated heterocycles.